The lowest BCUT2D eigenvalue weighted by molar-refractivity contribution is 0.628. The Hall–Kier alpha value is -2.60. The Balaban J connectivity index is 2.02. The van der Waals surface area contributed by atoms with Crippen molar-refractivity contribution in [2.45, 2.75) is 19.8 Å². The second-order valence-corrected chi connectivity index (χ2v) is 6.29. The number of hydrogen-bond donors (Lipinski definition) is 0. The van der Waals surface area contributed by atoms with Crippen LogP contribution in [-0.2, 0) is 0 Å². The van der Waals surface area contributed by atoms with Crippen LogP contribution in [0.2, 0.25) is 0 Å². The van der Waals surface area contributed by atoms with E-state index in [1.54, 1.807) is 29.2 Å². The smallest absolute Gasteiger partial charge is 0.206 e. The van der Waals surface area contributed by atoms with E-state index in [0.29, 0.717) is 0 Å². The third kappa shape index (κ3) is 4.48. The first-order valence-corrected chi connectivity index (χ1v) is 9.08. The van der Waals surface area contributed by atoms with Gasteiger partial charge in [0.25, 0.3) is 0 Å². The zero-order valence-corrected chi connectivity index (χ0v) is 14.8. The quantitative estimate of drug-likeness (QED) is 0.480. The van der Waals surface area contributed by atoms with Gasteiger partial charge in [-0.15, -0.1) is 11.3 Å². The molecule has 1 aromatic carbocycles. The topological polar surface area (TPSA) is 42.5 Å². The fourth-order valence-electron chi connectivity index (χ4n) is 2.24. The first-order valence-electron chi connectivity index (χ1n) is 8.20. The highest BCUT2D eigenvalue weighted by atomic mass is 32.1. The van der Waals surface area contributed by atoms with E-state index in [-0.39, 0.29) is 5.82 Å². The highest BCUT2D eigenvalue weighted by Gasteiger charge is 2.07. The van der Waals surface area contributed by atoms with E-state index in [2.05, 4.69) is 22.0 Å². The molecule has 0 saturated carbocycles. The van der Waals surface area contributed by atoms with E-state index in [4.69, 9.17) is 0 Å². The van der Waals surface area contributed by atoms with Gasteiger partial charge in [-0.3, -0.25) is 9.98 Å². The first kappa shape index (κ1) is 17.2. The van der Waals surface area contributed by atoms with Crippen LogP contribution in [0.15, 0.2) is 64.1 Å². The maximum atomic E-state index is 13.2. The molecule has 0 aliphatic carbocycles. The van der Waals surface area contributed by atoms with Crippen molar-refractivity contribution in [3.8, 4) is 11.3 Å². The van der Waals surface area contributed by atoms with Gasteiger partial charge in [-0.05, 0) is 42.8 Å². The molecule has 0 atom stereocenters. The standard InChI is InChI=1S/C19H19FN4S/c1-2-3-11-22-19-24(23-13-17-6-4-5-12-21-17)18(14-25-19)15-7-9-16(20)10-8-15/h4-10,12-14H,2-3,11H2,1H3/b22-19?,23-13-. The minimum Gasteiger partial charge on any atom is -0.257 e. The van der Waals surface area contributed by atoms with Crippen molar-refractivity contribution in [1.82, 2.24) is 9.66 Å². The Morgan fingerprint density at radius 3 is 2.76 bits per heavy atom. The molecule has 0 radical (unpaired) electrons. The lowest BCUT2D eigenvalue weighted by atomic mass is 10.2. The molecular weight excluding hydrogens is 335 g/mol. The first-order chi connectivity index (χ1) is 12.3. The van der Waals surface area contributed by atoms with Crippen molar-refractivity contribution >= 4 is 17.6 Å². The fourth-order valence-corrected chi connectivity index (χ4v) is 3.10. The van der Waals surface area contributed by atoms with Crippen LogP contribution in [0.3, 0.4) is 0 Å². The molecule has 2 aromatic heterocycles. The van der Waals surface area contributed by atoms with E-state index >= 15 is 0 Å². The molecule has 6 heteroatoms. The van der Waals surface area contributed by atoms with E-state index in [9.17, 15) is 4.39 Å². The molecular formula is C19H19FN4S. The van der Waals surface area contributed by atoms with Crippen LogP contribution in [0.25, 0.3) is 11.3 Å². The van der Waals surface area contributed by atoms with Gasteiger partial charge in [0, 0.05) is 23.7 Å². The third-order valence-corrected chi connectivity index (χ3v) is 4.43. The van der Waals surface area contributed by atoms with E-state index in [1.165, 1.54) is 23.5 Å². The van der Waals surface area contributed by atoms with Gasteiger partial charge in [-0.2, -0.15) is 5.10 Å². The number of unbranched alkanes of at least 4 members (excludes halogenated alkanes) is 1. The predicted molar refractivity (Wildman–Crippen MR) is 100 cm³/mol. The number of thiazole rings is 1. The summed E-state index contributed by atoms with van der Waals surface area (Å²) in [5.74, 6) is -0.254. The van der Waals surface area contributed by atoms with Crippen molar-refractivity contribution < 1.29 is 4.39 Å². The Morgan fingerprint density at radius 1 is 1.20 bits per heavy atom. The fraction of sp³-hybridized carbons (Fsp3) is 0.211. The molecule has 0 aliphatic heterocycles. The molecule has 0 saturated heterocycles. The predicted octanol–water partition coefficient (Wildman–Crippen LogP) is 4.33. The van der Waals surface area contributed by atoms with Crippen molar-refractivity contribution in [3.63, 3.8) is 0 Å². The zero-order chi connectivity index (χ0) is 17.5. The Morgan fingerprint density at radius 2 is 2.04 bits per heavy atom. The number of pyridine rings is 1. The van der Waals surface area contributed by atoms with E-state index in [0.717, 1.165) is 41.1 Å². The Labute approximate surface area is 150 Å². The van der Waals surface area contributed by atoms with Crippen LogP contribution in [0.5, 0.6) is 0 Å². The van der Waals surface area contributed by atoms with Gasteiger partial charge >= 0.3 is 0 Å². The average Bonchev–Trinajstić information content (AvgIpc) is 3.04. The normalized spacial score (nSPS) is 12.2. The van der Waals surface area contributed by atoms with Crippen molar-refractivity contribution in [1.29, 1.82) is 0 Å². The van der Waals surface area contributed by atoms with Crippen LogP contribution in [0, 0.1) is 5.82 Å². The Bertz CT molecular complexity index is 895. The zero-order valence-electron chi connectivity index (χ0n) is 14.0. The van der Waals surface area contributed by atoms with Gasteiger partial charge in [0.05, 0.1) is 17.6 Å². The molecule has 25 heavy (non-hydrogen) atoms. The molecule has 0 amide bonds. The largest absolute Gasteiger partial charge is 0.257 e. The summed E-state index contributed by atoms with van der Waals surface area (Å²) in [6, 6.07) is 12.1. The van der Waals surface area contributed by atoms with Crippen LogP contribution in [0.1, 0.15) is 25.5 Å². The average molecular weight is 354 g/mol. The molecule has 4 nitrogen and oxygen atoms in total. The van der Waals surface area contributed by atoms with Crippen molar-refractivity contribution in [3.05, 3.63) is 70.4 Å². The molecule has 0 unspecified atom stereocenters. The van der Waals surface area contributed by atoms with E-state index < -0.39 is 0 Å². The number of benzene rings is 1. The van der Waals surface area contributed by atoms with Crippen molar-refractivity contribution in [2.75, 3.05) is 6.54 Å². The highest BCUT2D eigenvalue weighted by molar-refractivity contribution is 7.07. The summed E-state index contributed by atoms with van der Waals surface area (Å²) in [7, 11) is 0. The second kappa shape index (κ2) is 8.48. The summed E-state index contributed by atoms with van der Waals surface area (Å²) in [5.41, 5.74) is 2.55. The molecule has 3 rings (SSSR count). The van der Waals surface area contributed by atoms with Gasteiger partial charge in [0.15, 0.2) is 0 Å². The maximum absolute atomic E-state index is 13.2. The van der Waals surface area contributed by atoms with E-state index in [1.807, 2.05) is 23.6 Å². The number of hydrogen-bond acceptors (Lipinski definition) is 4. The van der Waals surface area contributed by atoms with Gasteiger partial charge in [-0.25, -0.2) is 9.07 Å². The summed E-state index contributed by atoms with van der Waals surface area (Å²) < 4.78 is 15.0. The molecule has 0 bridgehead atoms. The summed E-state index contributed by atoms with van der Waals surface area (Å²) in [5, 5.41) is 6.56. The SMILES string of the molecule is CCCCN=c1scc(-c2ccc(F)cc2)n1/N=C\c1ccccn1. The molecule has 0 N–H and O–H groups in total. The maximum Gasteiger partial charge on any atom is 0.206 e. The number of rotatable bonds is 6. The number of halogens is 1. The van der Waals surface area contributed by atoms with Crippen molar-refractivity contribution in [2.24, 2.45) is 10.1 Å². The second-order valence-electron chi connectivity index (χ2n) is 5.46. The third-order valence-electron chi connectivity index (χ3n) is 3.58. The lowest BCUT2D eigenvalue weighted by Crippen LogP contribution is -2.13. The monoisotopic (exact) mass is 354 g/mol. The lowest BCUT2D eigenvalue weighted by Gasteiger charge is -2.03. The molecule has 0 spiro atoms. The number of aromatic nitrogens is 2. The molecule has 3 aromatic rings. The highest BCUT2D eigenvalue weighted by Crippen LogP contribution is 2.20. The summed E-state index contributed by atoms with van der Waals surface area (Å²) in [6.07, 6.45) is 5.57. The molecule has 0 aliphatic rings. The van der Waals surface area contributed by atoms with Gasteiger partial charge in [0.2, 0.25) is 4.80 Å². The van der Waals surface area contributed by atoms with Crippen LogP contribution in [0.4, 0.5) is 4.39 Å². The van der Waals surface area contributed by atoms with Crippen LogP contribution in [-0.4, -0.2) is 22.4 Å². The molecule has 0 fully saturated rings. The number of nitrogens with zero attached hydrogens (tertiary/aromatic N) is 4. The van der Waals surface area contributed by atoms with Crippen LogP contribution < -0.4 is 4.80 Å². The summed E-state index contributed by atoms with van der Waals surface area (Å²) in [6.45, 7) is 2.90. The summed E-state index contributed by atoms with van der Waals surface area (Å²) in [4.78, 5) is 9.72. The van der Waals surface area contributed by atoms with Gasteiger partial charge < -0.3 is 0 Å². The van der Waals surface area contributed by atoms with Gasteiger partial charge in [-0.1, -0.05) is 19.4 Å². The van der Waals surface area contributed by atoms with Gasteiger partial charge in [0.1, 0.15) is 5.82 Å². The Kier molecular flexibility index (Phi) is 5.85. The molecule has 2 heterocycles. The minimum absolute atomic E-state index is 0.254. The van der Waals surface area contributed by atoms with Crippen LogP contribution >= 0.6 is 11.3 Å². The molecule has 128 valence electrons. The minimum atomic E-state index is -0.254. The summed E-state index contributed by atoms with van der Waals surface area (Å²) >= 11 is 1.53.